The third kappa shape index (κ3) is 3.19. The lowest BCUT2D eigenvalue weighted by Crippen LogP contribution is -2.40. The number of hydrogen-bond acceptors (Lipinski definition) is 4. The minimum absolute atomic E-state index is 0.389. The van der Waals surface area contributed by atoms with Crippen molar-refractivity contribution in [2.75, 3.05) is 26.9 Å². The average Bonchev–Trinajstić information content (AvgIpc) is 3.09. The van der Waals surface area contributed by atoms with Crippen molar-refractivity contribution < 1.29 is 9.47 Å². The van der Waals surface area contributed by atoms with Crippen molar-refractivity contribution >= 4 is 0 Å². The molecule has 2 aromatic rings. The molecule has 0 spiro atoms. The second-order valence-corrected chi connectivity index (χ2v) is 6.77. The summed E-state index contributed by atoms with van der Waals surface area (Å²) in [6.07, 6.45) is 6.34. The van der Waals surface area contributed by atoms with Gasteiger partial charge < -0.3 is 14.0 Å². The van der Waals surface area contributed by atoms with Gasteiger partial charge in [0.15, 0.2) is 0 Å². The number of nitrogens with zero attached hydrogens (tertiary/aromatic N) is 3. The first kappa shape index (κ1) is 15.7. The molecular weight excluding hydrogens is 302 g/mol. The molecule has 1 aromatic heterocycles. The molecule has 0 radical (unpaired) electrons. The van der Waals surface area contributed by atoms with Gasteiger partial charge in [-0.1, -0.05) is 12.1 Å². The number of methoxy groups -OCH3 is 1. The highest BCUT2D eigenvalue weighted by Crippen LogP contribution is 2.32. The highest BCUT2D eigenvalue weighted by molar-refractivity contribution is 5.29. The van der Waals surface area contributed by atoms with E-state index in [4.69, 9.17) is 9.47 Å². The van der Waals surface area contributed by atoms with Crippen LogP contribution in [0, 0.1) is 5.92 Å². The third-order valence-corrected chi connectivity index (χ3v) is 5.29. The molecular formula is C19H25N3O2. The summed E-state index contributed by atoms with van der Waals surface area (Å²) < 4.78 is 13.1. The van der Waals surface area contributed by atoms with Crippen LogP contribution in [0.15, 0.2) is 36.7 Å². The molecule has 1 atom stereocenters. The smallest absolute Gasteiger partial charge is 0.122 e. The fourth-order valence-corrected chi connectivity index (χ4v) is 3.85. The summed E-state index contributed by atoms with van der Waals surface area (Å²) in [6.45, 7) is 4.81. The van der Waals surface area contributed by atoms with Gasteiger partial charge >= 0.3 is 0 Å². The van der Waals surface area contributed by atoms with Crippen LogP contribution in [-0.2, 0) is 17.8 Å². The van der Waals surface area contributed by atoms with Crippen molar-refractivity contribution in [3.05, 3.63) is 48.0 Å². The highest BCUT2D eigenvalue weighted by atomic mass is 16.5. The Morgan fingerprint density at radius 2 is 2.00 bits per heavy atom. The SMILES string of the molecule is COc1ccc([C@H]2Cn3ccnc3CN2CC2CCOCC2)cc1. The number of ether oxygens (including phenoxy) is 2. The van der Waals surface area contributed by atoms with E-state index in [1.54, 1.807) is 7.11 Å². The molecule has 1 fully saturated rings. The molecule has 1 saturated heterocycles. The number of rotatable bonds is 4. The number of aromatic nitrogens is 2. The van der Waals surface area contributed by atoms with Crippen LogP contribution in [0.1, 0.15) is 30.3 Å². The van der Waals surface area contributed by atoms with E-state index in [9.17, 15) is 0 Å². The first-order valence-electron chi connectivity index (χ1n) is 8.79. The number of fused-ring (bicyclic) bond motifs is 1. The van der Waals surface area contributed by atoms with Gasteiger partial charge in [-0.2, -0.15) is 0 Å². The van der Waals surface area contributed by atoms with Gasteiger partial charge in [0.2, 0.25) is 0 Å². The van der Waals surface area contributed by atoms with Crippen LogP contribution >= 0.6 is 0 Å². The van der Waals surface area contributed by atoms with Gasteiger partial charge in [-0.3, -0.25) is 4.90 Å². The van der Waals surface area contributed by atoms with Gasteiger partial charge in [-0.25, -0.2) is 4.98 Å². The Labute approximate surface area is 143 Å². The van der Waals surface area contributed by atoms with E-state index in [0.29, 0.717) is 6.04 Å². The summed E-state index contributed by atoms with van der Waals surface area (Å²) in [5, 5.41) is 0. The second kappa shape index (κ2) is 6.95. The Bertz CT molecular complexity index is 662. The summed E-state index contributed by atoms with van der Waals surface area (Å²) >= 11 is 0. The van der Waals surface area contributed by atoms with Crippen LogP contribution in [0.2, 0.25) is 0 Å². The number of imidazole rings is 1. The standard InChI is InChI=1S/C19H25N3O2/c1-23-17-4-2-16(3-5-17)18-13-21-9-8-20-19(21)14-22(18)12-15-6-10-24-11-7-15/h2-5,8-9,15,18H,6-7,10-14H2,1H3/t18-/m1/s1. The van der Waals surface area contributed by atoms with Crippen molar-refractivity contribution in [2.45, 2.75) is 32.0 Å². The molecule has 5 nitrogen and oxygen atoms in total. The van der Waals surface area contributed by atoms with Gasteiger partial charge in [0.25, 0.3) is 0 Å². The lowest BCUT2D eigenvalue weighted by atomic mass is 9.96. The molecule has 5 heteroatoms. The molecule has 3 heterocycles. The number of benzene rings is 1. The number of hydrogen-bond donors (Lipinski definition) is 0. The summed E-state index contributed by atoms with van der Waals surface area (Å²) in [4.78, 5) is 7.13. The predicted octanol–water partition coefficient (Wildman–Crippen LogP) is 2.88. The molecule has 0 aliphatic carbocycles. The zero-order chi connectivity index (χ0) is 16.4. The van der Waals surface area contributed by atoms with Crippen molar-refractivity contribution in [2.24, 2.45) is 5.92 Å². The molecule has 2 aliphatic rings. The molecule has 0 N–H and O–H groups in total. The van der Waals surface area contributed by atoms with E-state index in [-0.39, 0.29) is 0 Å². The third-order valence-electron chi connectivity index (χ3n) is 5.29. The molecule has 0 amide bonds. The lowest BCUT2D eigenvalue weighted by Gasteiger charge is -2.39. The molecule has 0 unspecified atom stereocenters. The molecule has 4 rings (SSSR count). The second-order valence-electron chi connectivity index (χ2n) is 6.77. The van der Waals surface area contributed by atoms with Gasteiger partial charge in [-0.05, 0) is 36.5 Å². The maximum atomic E-state index is 5.52. The van der Waals surface area contributed by atoms with Gasteiger partial charge in [0.05, 0.1) is 19.7 Å². The van der Waals surface area contributed by atoms with Crippen LogP contribution in [-0.4, -0.2) is 41.3 Å². The van der Waals surface area contributed by atoms with Gasteiger partial charge in [0, 0.05) is 38.7 Å². The van der Waals surface area contributed by atoms with Crippen LogP contribution in [0.25, 0.3) is 0 Å². The Balaban J connectivity index is 1.57. The molecule has 128 valence electrons. The highest BCUT2D eigenvalue weighted by Gasteiger charge is 2.30. The quantitative estimate of drug-likeness (QED) is 0.866. The van der Waals surface area contributed by atoms with Gasteiger partial charge in [-0.15, -0.1) is 0 Å². The van der Waals surface area contributed by atoms with Crippen LogP contribution in [0.5, 0.6) is 5.75 Å². The molecule has 0 saturated carbocycles. The fraction of sp³-hybridized carbons (Fsp3) is 0.526. The zero-order valence-corrected chi connectivity index (χ0v) is 14.2. The Kier molecular flexibility index (Phi) is 4.54. The fourth-order valence-electron chi connectivity index (χ4n) is 3.85. The molecule has 2 aliphatic heterocycles. The monoisotopic (exact) mass is 327 g/mol. The summed E-state index contributed by atoms with van der Waals surface area (Å²) in [5.41, 5.74) is 1.35. The summed E-state index contributed by atoms with van der Waals surface area (Å²) in [6, 6.07) is 8.90. The molecule has 1 aromatic carbocycles. The van der Waals surface area contributed by atoms with Gasteiger partial charge in [0.1, 0.15) is 11.6 Å². The zero-order valence-electron chi connectivity index (χ0n) is 14.2. The van der Waals surface area contributed by atoms with E-state index in [0.717, 1.165) is 44.5 Å². The maximum absolute atomic E-state index is 5.52. The average molecular weight is 327 g/mol. The topological polar surface area (TPSA) is 39.5 Å². The van der Waals surface area contributed by atoms with Crippen LogP contribution in [0.3, 0.4) is 0 Å². The van der Waals surface area contributed by atoms with Crippen LogP contribution < -0.4 is 4.74 Å². The largest absolute Gasteiger partial charge is 0.497 e. The first-order valence-corrected chi connectivity index (χ1v) is 8.79. The Hall–Kier alpha value is -1.85. The normalized spacial score (nSPS) is 22.3. The van der Waals surface area contributed by atoms with Crippen molar-refractivity contribution in [1.29, 1.82) is 0 Å². The lowest BCUT2D eigenvalue weighted by molar-refractivity contribution is 0.0351. The van der Waals surface area contributed by atoms with Crippen molar-refractivity contribution in [3.63, 3.8) is 0 Å². The van der Waals surface area contributed by atoms with Crippen molar-refractivity contribution in [1.82, 2.24) is 14.5 Å². The summed E-state index contributed by atoms with van der Waals surface area (Å²) in [7, 11) is 1.71. The maximum Gasteiger partial charge on any atom is 0.122 e. The van der Waals surface area contributed by atoms with Crippen LogP contribution in [0.4, 0.5) is 0 Å². The predicted molar refractivity (Wildman–Crippen MR) is 91.9 cm³/mol. The van der Waals surface area contributed by atoms with E-state index >= 15 is 0 Å². The molecule has 24 heavy (non-hydrogen) atoms. The minimum atomic E-state index is 0.389. The first-order chi connectivity index (χ1) is 11.8. The van der Waals surface area contributed by atoms with E-state index in [1.165, 1.54) is 24.2 Å². The van der Waals surface area contributed by atoms with E-state index < -0.39 is 0 Å². The minimum Gasteiger partial charge on any atom is -0.497 e. The van der Waals surface area contributed by atoms with E-state index in [1.807, 2.05) is 6.20 Å². The molecule has 0 bridgehead atoms. The Morgan fingerprint density at radius 1 is 1.21 bits per heavy atom. The summed E-state index contributed by atoms with van der Waals surface area (Å²) in [5.74, 6) is 2.81. The van der Waals surface area contributed by atoms with Crippen molar-refractivity contribution in [3.8, 4) is 5.75 Å². The Morgan fingerprint density at radius 3 is 2.75 bits per heavy atom. The van der Waals surface area contributed by atoms with E-state index in [2.05, 4.69) is 44.9 Å².